The van der Waals surface area contributed by atoms with E-state index in [-0.39, 0.29) is 6.09 Å². The summed E-state index contributed by atoms with van der Waals surface area (Å²) >= 11 is 0. The molecule has 1 heterocycles. The van der Waals surface area contributed by atoms with Gasteiger partial charge in [-0.3, -0.25) is 4.57 Å². The van der Waals surface area contributed by atoms with Crippen molar-refractivity contribution in [1.29, 1.82) is 0 Å². The summed E-state index contributed by atoms with van der Waals surface area (Å²) in [6.07, 6.45) is -0.271. The van der Waals surface area contributed by atoms with Gasteiger partial charge in [-0.25, -0.2) is 4.79 Å². The maximum atomic E-state index is 12.5. The van der Waals surface area contributed by atoms with Gasteiger partial charge in [-0.1, -0.05) is 24.7 Å². The lowest BCUT2D eigenvalue weighted by Crippen LogP contribution is -2.37. The van der Waals surface area contributed by atoms with Crippen LogP contribution in [0, 0.1) is 6.92 Å². The highest BCUT2D eigenvalue weighted by molar-refractivity contribution is 6.70. The first-order valence-electron chi connectivity index (χ1n) is 7.04. The summed E-state index contributed by atoms with van der Waals surface area (Å²) in [5.74, 6) is 0. The Morgan fingerprint density at radius 2 is 1.85 bits per heavy atom. The number of aryl methyl sites for hydroxylation is 1. The lowest BCUT2D eigenvalue weighted by Gasteiger charge is -2.21. The predicted molar refractivity (Wildman–Crippen MR) is 86.8 cm³/mol. The van der Waals surface area contributed by atoms with Gasteiger partial charge in [0.25, 0.3) is 0 Å². The van der Waals surface area contributed by atoms with Gasteiger partial charge in [0, 0.05) is 10.7 Å². The Morgan fingerprint density at radius 1 is 1.20 bits per heavy atom. The molecule has 0 amide bonds. The van der Waals surface area contributed by atoms with Crippen LogP contribution in [0.4, 0.5) is 4.79 Å². The molecule has 0 atom stereocenters. The summed E-state index contributed by atoms with van der Waals surface area (Å²) in [6.45, 7) is 12.2. The minimum atomic E-state index is -1.12. The SMILES string of the molecule is Cc1ccc2c(c1)cc([SiH](C)C)n2C(=O)OC(C)(C)C. The Bertz CT molecular complexity index is 650. The van der Waals surface area contributed by atoms with E-state index in [4.69, 9.17) is 4.74 Å². The fourth-order valence-corrected chi connectivity index (χ4v) is 3.57. The van der Waals surface area contributed by atoms with Crippen molar-refractivity contribution in [2.45, 2.75) is 46.4 Å². The van der Waals surface area contributed by atoms with E-state index in [1.54, 1.807) is 4.57 Å². The van der Waals surface area contributed by atoms with Crippen molar-refractivity contribution >= 4 is 31.1 Å². The summed E-state index contributed by atoms with van der Waals surface area (Å²) in [5.41, 5.74) is 1.67. The Morgan fingerprint density at radius 3 is 2.40 bits per heavy atom. The molecule has 1 aromatic carbocycles. The van der Waals surface area contributed by atoms with Crippen LogP contribution >= 0.6 is 0 Å². The number of fused-ring (bicyclic) bond motifs is 1. The number of hydrogen-bond donors (Lipinski definition) is 0. The van der Waals surface area contributed by atoms with Crippen molar-refractivity contribution in [3.05, 3.63) is 29.8 Å². The number of aromatic nitrogens is 1. The van der Waals surface area contributed by atoms with Crippen molar-refractivity contribution in [3.8, 4) is 0 Å². The number of ether oxygens (including phenoxy) is 1. The molecule has 0 fully saturated rings. The van der Waals surface area contributed by atoms with Gasteiger partial charge in [0.15, 0.2) is 0 Å². The van der Waals surface area contributed by atoms with E-state index < -0.39 is 14.4 Å². The minimum Gasteiger partial charge on any atom is -0.443 e. The number of rotatable bonds is 1. The van der Waals surface area contributed by atoms with Gasteiger partial charge >= 0.3 is 6.09 Å². The van der Waals surface area contributed by atoms with Gasteiger partial charge in [0.1, 0.15) is 5.60 Å². The van der Waals surface area contributed by atoms with E-state index in [9.17, 15) is 4.79 Å². The Kier molecular flexibility index (Phi) is 3.78. The molecule has 2 rings (SSSR count). The highest BCUT2D eigenvalue weighted by Crippen LogP contribution is 2.19. The largest absolute Gasteiger partial charge is 0.443 e. The van der Waals surface area contributed by atoms with E-state index >= 15 is 0 Å². The number of hydrogen-bond acceptors (Lipinski definition) is 2. The van der Waals surface area contributed by atoms with Gasteiger partial charge in [-0.2, -0.15) is 0 Å². The van der Waals surface area contributed by atoms with Crippen molar-refractivity contribution in [2.75, 3.05) is 0 Å². The Balaban J connectivity index is 2.60. The highest BCUT2D eigenvalue weighted by atomic mass is 28.3. The second-order valence-electron chi connectivity index (χ2n) is 6.60. The molecule has 0 saturated heterocycles. The van der Waals surface area contributed by atoms with Gasteiger partial charge < -0.3 is 4.74 Å². The van der Waals surface area contributed by atoms with Crippen molar-refractivity contribution in [1.82, 2.24) is 4.57 Å². The maximum absolute atomic E-state index is 12.5. The first kappa shape index (κ1) is 14.8. The van der Waals surface area contributed by atoms with Crippen LogP contribution in [0.25, 0.3) is 10.9 Å². The summed E-state index contributed by atoms with van der Waals surface area (Å²) in [5, 5.41) is 2.24. The molecule has 20 heavy (non-hydrogen) atoms. The average Bonchev–Trinajstić information content (AvgIpc) is 2.64. The fraction of sp³-hybridized carbons (Fsp3) is 0.438. The lowest BCUT2D eigenvalue weighted by atomic mass is 10.2. The topological polar surface area (TPSA) is 31.2 Å². The first-order valence-corrected chi connectivity index (χ1v) is 9.93. The van der Waals surface area contributed by atoms with E-state index in [1.807, 2.05) is 32.9 Å². The molecule has 1 aromatic heterocycles. The molecule has 0 unspecified atom stereocenters. The molecule has 0 N–H and O–H groups in total. The molecular weight excluding hydrogens is 266 g/mol. The lowest BCUT2D eigenvalue weighted by molar-refractivity contribution is 0.0549. The fourth-order valence-electron chi connectivity index (χ4n) is 2.29. The third-order valence-electron chi connectivity index (χ3n) is 3.15. The van der Waals surface area contributed by atoms with E-state index in [1.165, 1.54) is 5.56 Å². The molecule has 0 radical (unpaired) electrons. The molecule has 0 spiro atoms. The van der Waals surface area contributed by atoms with Crippen LogP contribution in [0.1, 0.15) is 26.3 Å². The third-order valence-corrected chi connectivity index (χ3v) is 4.76. The van der Waals surface area contributed by atoms with Crippen LogP contribution in [0.2, 0.25) is 13.1 Å². The first-order chi connectivity index (χ1) is 9.19. The van der Waals surface area contributed by atoms with Gasteiger partial charge in [0.2, 0.25) is 0 Å². The van der Waals surface area contributed by atoms with E-state index in [0.29, 0.717) is 0 Å². The van der Waals surface area contributed by atoms with Gasteiger partial charge in [0.05, 0.1) is 14.3 Å². The molecule has 0 saturated carbocycles. The average molecular weight is 289 g/mol. The van der Waals surface area contributed by atoms with Crippen molar-refractivity contribution in [2.24, 2.45) is 0 Å². The maximum Gasteiger partial charge on any atom is 0.418 e. The standard InChI is InChI=1S/C16H23NO2Si/c1-11-7-8-13-12(9-11)10-14(20(5)6)17(13)15(18)19-16(2,3)4/h7-10,20H,1-6H3. The van der Waals surface area contributed by atoms with E-state index in [2.05, 4.69) is 32.2 Å². The Labute approximate surface area is 122 Å². The molecule has 108 valence electrons. The zero-order chi connectivity index (χ0) is 15.1. The van der Waals surface area contributed by atoms with Crippen LogP contribution in [-0.2, 0) is 4.74 Å². The van der Waals surface area contributed by atoms with Crippen molar-refractivity contribution in [3.63, 3.8) is 0 Å². The normalized spacial score (nSPS) is 12.2. The smallest absolute Gasteiger partial charge is 0.418 e. The molecular formula is C16H23NO2Si. The minimum absolute atomic E-state index is 0.271. The Hall–Kier alpha value is -1.55. The quantitative estimate of drug-likeness (QED) is 0.753. The number of benzene rings is 1. The van der Waals surface area contributed by atoms with E-state index in [0.717, 1.165) is 16.2 Å². The van der Waals surface area contributed by atoms with Crippen LogP contribution in [0.15, 0.2) is 24.3 Å². The van der Waals surface area contributed by atoms with Crippen LogP contribution < -0.4 is 5.32 Å². The third kappa shape index (κ3) is 2.95. The molecule has 0 bridgehead atoms. The summed E-state index contributed by atoms with van der Waals surface area (Å²) in [7, 11) is -1.12. The number of nitrogens with zero attached hydrogens (tertiary/aromatic N) is 1. The van der Waals surface area contributed by atoms with Crippen LogP contribution in [0.3, 0.4) is 0 Å². The van der Waals surface area contributed by atoms with Gasteiger partial charge in [-0.15, -0.1) is 0 Å². The summed E-state index contributed by atoms with van der Waals surface area (Å²) in [6, 6.07) is 8.31. The molecule has 0 aliphatic heterocycles. The monoisotopic (exact) mass is 289 g/mol. The summed E-state index contributed by atoms with van der Waals surface area (Å²) in [4.78, 5) is 12.5. The molecule has 2 aromatic rings. The second-order valence-corrected chi connectivity index (χ2v) is 9.50. The number of carbonyl (C=O) groups is 1. The summed E-state index contributed by atoms with van der Waals surface area (Å²) < 4.78 is 7.32. The second kappa shape index (κ2) is 5.09. The zero-order valence-electron chi connectivity index (χ0n) is 13.2. The molecule has 0 aliphatic rings. The van der Waals surface area contributed by atoms with Gasteiger partial charge in [-0.05, 0) is 45.9 Å². The zero-order valence-corrected chi connectivity index (χ0v) is 14.3. The molecule has 0 aliphatic carbocycles. The number of carbonyl (C=O) groups excluding carboxylic acids is 1. The molecule has 4 heteroatoms. The van der Waals surface area contributed by atoms with Crippen molar-refractivity contribution < 1.29 is 9.53 Å². The van der Waals surface area contributed by atoms with Crippen LogP contribution in [0.5, 0.6) is 0 Å². The molecule has 3 nitrogen and oxygen atoms in total. The highest BCUT2D eigenvalue weighted by Gasteiger charge is 2.23. The van der Waals surface area contributed by atoms with Crippen LogP contribution in [-0.4, -0.2) is 25.1 Å². The predicted octanol–water partition coefficient (Wildman–Crippen LogP) is 3.43.